The molecule has 3 atom stereocenters. The molecule has 2 aliphatic heterocycles. The second kappa shape index (κ2) is 26.3. The number of unbranched alkanes of at least 4 members (excludes halogenated alkanes) is 1. The maximum absolute atomic E-state index is 14.1. The quantitative estimate of drug-likeness (QED) is 0.0196. The Labute approximate surface area is 498 Å². The number of epoxide rings is 1. The van der Waals surface area contributed by atoms with E-state index in [1.54, 1.807) is 42.5 Å². The lowest BCUT2D eigenvalue weighted by molar-refractivity contribution is -0.133. The molecule has 0 radical (unpaired) electrons. The van der Waals surface area contributed by atoms with Crippen LogP contribution in [0.5, 0.6) is 34.5 Å². The highest BCUT2D eigenvalue weighted by Gasteiger charge is 2.43. The van der Waals surface area contributed by atoms with Gasteiger partial charge in [0.1, 0.15) is 34.5 Å². The van der Waals surface area contributed by atoms with E-state index in [9.17, 15) is 19.2 Å². The molecule has 13 heteroatoms. The summed E-state index contributed by atoms with van der Waals surface area (Å²) in [6.45, 7) is 6.31. The third-order valence-corrected chi connectivity index (χ3v) is 16.2. The van der Waals surface area contributed by atoms with Crippen molar-refractivity contribution in [2.75, 3.05) is 39.6 Å². The van der Waals surface area contributed by atoms with E-state index in [0.717, 1.165) is 88.6 Å². The number of benzene rings is 9. The van der Waals surface area contributed by atoms with Crippen LogP contribution in [0.3, 0.4) is 0 Å². The molecule has 1 aliphatic carbocycles. The Morgan fingerprint density at radius 2 is 1.02 bits per heavy atom. The van der Waals surface area contributed by atoms with Crippen molar-refractivity contribution in [2.24, 2.45) is 11.3 Å². The van der Waals surface area contributed by atoms with Gasteiger partial charge >= 0.3 is 23.9 Å². The molecule has 2 heterocycles. The van der Waals surface area contributed by atoms with Crippen molar-refractivity contribution in [1.29, 1.82) is 0 Å². The molecule has 0 N–H and O–H groups in total. The van der Waals surface area contributed by atoms with Gasteiger partial charge in [0, 0.05) is 30.4 Å². The minimum atomic E-state index is -0.665. The summed E-state index contributed by atoms with van der Waals surface area (Å²) in [6.07, 6.45) is 10.3. The van der Waals surface area contributed by atoms with Gasteiger partial charge in [-0.1, -0.05) is 104 Å². The van der Waals surface area contributed by atoms with E-state index in [0.29, 0.717) is 61.2 Å². The maximum atomic E-state index is 14.1. The Morgan fingerprint density at radius 3 is 1.59 bits per heavy atom. The topological polar surface area (TPSA) is 155 Å². The number of ether oxygens (including phenoxy) is 9. The van der Waals surface area contributed by atoms with Crippen molar-refractivity contribution in [2.45, 2.75) is 57.7 Å². The van der Waals surface area contributed by atoms with Crippen LogP contribution in [0.2, 0.25) is 0 Å². The van der Waals surface area contributed by atoms with Gasteiger partial charge in [0.2, 0.25) is 0 Å². The van der Waals surface area contributed by atoms with Gasteiger partial charge in [-0.15, -0.1) is 0 Å². The summed E-state index contributed by atoms with van der Waals surface area (Å²) in [5.74, 6) is 0.609. The van der Waals surface area contributed by atoms with E-state index < -0.39 is 23.9 Å². The van der Waals surface area contributed by atoms with Crippen LogP contribution >= 0.6 is 0 Å². The summed E-state index contributed by atoms with van der Waals surface area (Å²) in [4.78, 5) is 54.3. The molecule has 0 bridgehead atoms. The molecule has 9 aromatic carbocycles. The van der Waals surface area contributed by atoms with Gasteiger partial charge in [0.05, 0.1) is 60.7 Å². The standard InChI is InChI=1S/C73H64O13/c1-2-73(45-79-46-73)47-81-58-29-13-48(14-30-58)16-40-67(74)82-59-33-23-55(24-34-59)71(76)85-64-38-27-52-9-3-5-11-61(52)68(64)69-62-12-6-4-10-53(62)28-39-65(69)86-72(77)56-25-35-60(36-26-56)83-70(75)54-19-17-50(18-20-54)51-21-31-57(32-22-51)80-42-8-7-41-78-44-49-15-37-63-66(43-49)84-63/h3-6,9-14,16-36,38-40,49,63,66H,2,7-8,15,37,41-47H2,1H3. The fraction of sp³-hybridized carbons (Fsp3) is 0.233. The largest absolute Gasteiger partial charge is 0.494 e. The molecule has 9 aromatic rings. The molecule has 2 saturated heterocycles. The van der Waals surface area contributed by atoms with Crippen molar-refractivity contribution in [3.8, 4) is 56.8 Å². The SMILES string of the molecule is CCC1(COc2ccc(C=CC(=O)Oc3ccc(C(=O)Oc4ccc5ccccc5c4-c4c(OC(=O)c5ccc(OC(=O)c6ccc(-c7ccc(OCCCCOCC8CCC9OC9C8)cc7)cc6)cc5)ccc5ccccc45)cc3)cc2)COC1. The van der Waals surface area contributed by atoms with Crippen LogP contribution in [0.25, 0.3) is 49.9 Å². The van der Waals surface area contributed by atoms with Crippen molar-refractivity contribution >= 4 is 51.5 Å². The van der Waals surface area contributed by atoms with Gasteiger partial charge in [-0.3, -0.25) is 0 Å². The van der Waals surface area contributed by atoms with E-state index in [1.165, 1.54) is 55.3 Å². The second-order valence-electron chi connectivity index (χ2n) is 22.1. The zero-order valence-electron chi connectivity index (χ0n) is 47.7. The zero-order chi connectivity index (χ0) is 58.8. The third-order valence-electron chi connectivity index (χ3n) is 16.2. The summed E-state index contributed by atoms with van der Waals surface area (Å²) < 4.78 is 52.7. The van der Waals surface area contributed by atoms with E-state index in [-0.39, 0.29) is 39.5 Å². The normalized spacial score (nSPS) is 16.6. The molecule has 13 nitrogen and oxygen atoms in total. The molecule has 0 aromatic heterocycles. The first-order chi connectivity index (χ1) is 42.1. The Hall–Kier alpha value is -9.40. The molecular weight excluding hydrogens is 1080 g/mol. The Bertz CT molecular complexity index is 3900. The maximum Gasteiger partial charge on any atom is 0.343 e. The number of hydrogen-bond donors (Lipinski definition) is 0. The van der Waals surface area contributed by atoms with Crippen molar-refractivity contribution in [3.63, 3.8) is 0 Å². The van der Waals surface area contributed by atoms with Gasteiger partial charge < -0.3 is 42.6 Å². The average molecular weight is 1150 g/mol. The summed E-state index contributed by atoms with van der Waals surface area (Å²) in [7, 11) is 0. The number of esters is 4. The van der Waals surface area contributed by atoms with Gasteiger partial charge in [0.15, 0.2) is 0 Å². The minimum absolute atomic E-state index is 0.0686. The first kappa shape index (κ1) is 57.1. The van der Waals surface area contributed by atoms with Crippen LogP contribution in [0.15, 0.2) is 200 Å². The minimum Gasteiger partial charge on any atom is -0.494 e. The van der Waals surface area contributed by atoms with E-state index >= 15 is 0 Å². The molecule has 434 valence electrons. The number of rotatable bonds is 23. The number of hydrogen-bond acceptors (Lipinski definition) is 13. The lowest BCUT2D eigenvalue weighted by atomic mass is 9.84. The van der Waals surface area contributed by atoms with Gasteiger partial charge in [-0.25, -0.2) is 19.2 Å². The predicted molar refractivity (Wildman–Crippen MR) is 328 cm³/mol. The van der Waals surface area contributed by atoms with Gasteiger partial charge in [-0.2, -0.15) is 0 Å². The van der Waals surface area contributed by atoms with Crippen LogP contribution in [0.4, 0.5) is 0 Å². The van der Waals surface area contributed by atoms with Crippen LogP contribution in [-0.2, 0) is 19.0 Å². The molecule has 86 heavy (non-hydrogen) atoms. The van der Waals surface area contributed by atoms with E-state index in [1.807, 2.05) is 121 Å². The summed E-state index contributed by atoms with van der Waals surface area (Å²) in [5.41, 5.74) is 4.61. The number of carbonyl (C=O) groups is 4. The molecule has 3 fully saturated rings. The second-order valence-corrected chi connectivity index (χ2v) is 22.1. The van der Waals surface area contributed by atoms with Gasteiger partial charge in [0.25, 0.3) is 0 Å². The molecular formula is C73H64O13. The van der Waals surface area contributed by atoms with Crippen LogP contribution in [0.1, 0.15) is 82.1 Å². The lowest BCUT2D eigenvalue weighted by Gasteiger charge is -2.40. The monoisotopic (exact) mass is 1150 g/mol. The molecule has 3 aliphatic rings. The Morgan fingerprint density at radius 1 is 0.512 bits per heavy atom. The first-order valence-corrected chi connectivity index (χ1v) is 29.3. The van der Waals surface area contributed by atoms with Crippen LogP contribution in [0, 0.1) is 11.3 Å². The number of fused-ring (bicyclic) bond motifs is 3. The highest BCUT2D eigenvalue weighted by atomic mass is 16.6. The van der Waals surface area contributed by atoms with E-state index in [2.05, 4.69) is 6.92 Å². The first-order valence-electron chi connectivity index (χ1n) is 29.3. The zero-order valence-corrected chi connectivity index (χ0v) is 47.7. The van der Waals surface area contributed by atoms with Crippen molar-refractivity contribution in [1.82, 2.24) is 0 Å². The summed E-state index contributed by atoms with van der Waals surface area (Å²) in [5, 5.41) is 3.21. The van der Waals surface area contributed by atoms with Crippen molar-refractivity contribution < 1.29 is 61.8 Å². The lowest BCUT2D eigenvalue weighted by Crippen LogP contribution is -2.46. The van der Waals surface area contributed by atoms with Gasteiger partial charge in [-0.05, 0) is 186 Å². The molecule has 0 spiro atoms. The van der Waals surface area contributed by atoms with Crippen LogP contribution < -0.4 is 28.4 Å². The van der Waals surface area contributed by atoms with Crippen LogP contribution in [-0.4, -0.2) is 75.7 Å². The molecule has 12 rings (SSSR count). The number of carbonyl (C=O) groups excluding carboxylic acids is 4. The van der Waals surface area contributed by atoms with E-state index in [4.69, 9.17) is 42.6 Å². The third kappa shape index (κ3) is 13.7. The molecule has 0 amide bonds. The predicted octanol–water partition coefficient (Wildman–Crippen LogP) is 15.2. The van der Waals surface area contributed by atoms with Crippen molar-refractivity contribution in [3.05, 3.63) is 222 Å². The Balaban J connectivity index is 0.664. The fourth-order valence-corrected chi connectivity index (χ4v) is 10.9. The Kier molecular flexibility index (Phi) is 17.4. The molecule has 1 saturated carbocycles. The molecule has 3 unspecified atom stereocenters. The summed E-state index contributed by atoms with van der Waals surface area (Å²) >= 11 is 0. The summed E-state index contributed by atoms with van der Waals surface area (Å²) in [6, 6.07) is 57.3. The fourth-order valence-electron chi connectivity index (χ4n) is 10.9. The highest BCUT2D eigenvalue weighted by molar-refractivity contribution is 6.11. The average Bonchev–Trinajstić information content (AvgIpc) is 1.88. The highest BCUT2D eigenvalue weighted by Crippen LogP contribution is 2.46. The smallest absolute Gasteiger partial charge is 0.343 e.